The molecule has 0 aliphatic carbocycles. The molecule has 3 heterocycles. The maximum absolute atomic E-state index is 13.4. The molecule has 168 valence electrons. The van der Waals surface area contributed by atoms with E-state index in [0.717, 1.165) is 61.0 Å². The summed E-state index contributed by atoms with van der Waals surface area (Å²) in [6, 6.07) is 20.9. The summed E-state index contributed by atoms with van der Waals surface area (Å²) in [4.78, 5) is 9.50. The van der Waals surface area contributed by atoms with Crippen LogP contribution in [0.2, 0.25) is 0 Å². The molecule has 0 saturated carbocycles. The molecule has 1 aliphatic rings. The minimum absolute atomic E-state index is 0.223. The van der Waals surface area contributed by atoms with Crippen LogP contribution in [0, 0.1) is 19.7 Å². The lowest BCUT2D eigenvalue weighted by atomic mass is 10.1. The second-order valence-corrected chi connectivity index (χ2v) is 8.54. The second kappa shape index (κ2) is 9.16. The van der Waals surface area contributed by atoms with Crippen LogP contribution in [-0.4, -0.2) is 45.8 Å². The average molecular weight is 442 g/mol. The summed E-state index contributed by atoms with van der Waals surface area (Å²) in [6.07, 6.45) is 1.83. The van der Waals surface area contributed by atoms with Crippen molar-refractivity contribution in [3.63, 3.8) is 0 Å². The monoisotopic (exact) mass is 441 g/mol. The van der Waals surface area contributed by atoms with Crippen molar-refractivity contribution in [2.45, 2.75) is 20.4 Å². The van der Waals surface area contributed by atoms with E-state index in [2.05, 4.69) is 46.8 Å². The number of hydrogen-bond donors (Lipinski definition) is 0. The third kappa shape index (κ3) is 4.39. The molecule has 33 heavy (non-hydrogen) atoms. The Bertz CT molecular complexity index is 1230. The molecule has 2 aromatic carbocycles. The summed E-state index contributed by atoms with van der Waals surface area (Å²) >= 11 is 0. The quantitative estimate of drug-likeness (QED) is 0.436. The molecule has 0 radical (unpaired) electrons. The maximum Gasteiger partial charge on any atom is 0.136 e. The predicted octanol–water partition coefficient (Wildman–Crippen LogP) is 5.01. The molecule has 1 aliphatic heterocycles. The third-order valence-electron chi connectivity index (χ3n) is 6.44. The largest absolute Gasteiger partial charge is 0.354 e. The molecule has 0 N–H and O–H groups in total. The first kappa shape index (κ1) is 21.3. The van der Waals surface area contributed by atoms with Gasteiger partial charge in [-0.05, 0) is 55.8 Å². The minimum Gasteiger partial charge on any atom is -0.354 e. The Morgan fingerprint density at radius 2 is 1.58 bits per heavy atom. The van der Waals surface area contributed by atoms with E-state index in [4.69, 9.17) is 5.10 Å². The van der Waals surface area contributed by atoms with Crippen molar-refractivity contribution >= 4 is 5.82 Å². The van der Waals surface area contributed by atoms with Gasteiger partial charge in [-0.1, -0.05) is 30.3 Å². The first-order chi connectivity index (χ1) is 16.1. The lowest BCUT2D eigenvalue weighted by molar-refractivity contribution is 0.248. The van der Waals surface area contributed by atoms with E-state index in [1.165, 1.54) is 23.4 Å². The highest BCUT2D eigenvalue weighted by atomic mass is 19.1. The molecule has 0 bridgehead atoms. The molecule has 0 amide bonds. The topological polar surface area (TPSA) is 37.2 Å². The Morgan fingerprint density at radius 1 is 0.848 bits per heavy atom. The van der Waals surface area contributed by atoms with Crippen LogP contribution in [0.25, 0.3) is 16.8 Å². The lowest BCUT2D eigenvalue weighted by Crippen LogP contribution is -2.46. The summed E-state index contributed by atoms with van der Waals surface area (Å²) in [5, 5.41) is 4.80. The first-order valence-corrected chi connectivity index (χ1v) is 11.4. The van der Waals surface area contributed by atoms with E-state index in [-0.39, 0.29) is 5.82 Å². The number of aryl methyl sites for hydroxylation is 1. The van der Waals surface area contributed by atoms with Gasteiger partial charge in [-0.25, -0.2) is 14.1 Å². The third-order valence-corrected chi connectivity index (χ3v) is 6.44. The van der Waals surface area contributed by atoms with Crippen molar-refractivity contribution in [2.24, 2.45) is 0 Å². The number of pyridine rings is 1. The number of benzene rings is 2. The summed E-state index contributed by atoms with van der Waals surface area (Å²) in [5.74, 6) is 0.743. The highest BCUT2D eigenvalue weighted by Crippen LogP contribution is 2.30. The number of para-hydroxylation sites is 1. The van der Waals surface area contributed by atoms with Crippen LogP contribution >= 0.6 is 0 Å². The molecule has 1 fully saturated rings. The molecule has 2 aromatic heterocycles. The molecule has 0 spiro atoms. The van der Waals surface area contributed by atoms with Gasteiger partial charge in [0.1, 0.15) is 11.6 Å². The molecular weight excluding hydrogens is 413 g/mol. The highest BCUT2D eigenvalue weighted by Gasteiger charge is 2.23. The van der Waals surface area contributed by atoms with E-state index in [0.29, 0.717) is 0 Å². The Kier molecular flexibility index (Phi) is 5.92. The van der Waals surface area contributed by atoms with E-state index < -0.39 is 0 Å². The number of rotatable bonds is 5. The van der Waals surface area contributed by atoms with Crippen LogP contribution in [0.4, 0.5) is 10.2 Å². The summed E-state index contributed by atoms with van der Waals surface area (Å²) in [5.41, 5.74) is 6.71. The van der Waals surface area contributed by atoms with Gasteiger partial charge in [0.15, 0.2) is 0 Å². The fourth-order valence-corrected chi connectivity index (χ4v) is 4.57. The SMILES string of the molecule is Cc1nn(-c2ccccc2)c(C)c1CN1CCN(c2ncccc2-c2ccc(F)cc2)CC1. The van der Waals surface area contributed by atoms with Gasteiger partial charge in [0, 0.05) is 55.7 Å². The van der Waals surface area contributed by atoms with Crippen molar-refractivity contribution in [1.29, 1.82) is 0 Å². The van der Waals surface area contributed by atoms with Crippen LogP contribution in [0.15, 0.2) is 72.9 Å². The van der Waals surface area contributed by atoms with Gasteiger partial charge in [0.05, 0.1) is 11.4 Å². The van der Waals surface area contributed by atoms with E-state index >= 15 is 0 Å². The fraction of sp³-hybridized carbons (Fsp3) is 0.259. The highest BCUT2D eigenvalue weighted by molar-refractivity contribution is 5.75. The van der Waals surface area contributed by atoms with Crippen LogP contribution in [0.5, 0.6) is 0 Å². The zero-order valence-electron chi connectivity index (χ0n) is 19.1. The Hall–Kier alpha value is -3.51. The zero-order chi connectivity index (χ0) is 22.8. The zero-order valence-corrected chi connectivity index (χ0v) is 19.1. The summed E-state index contributed by atoms with van der Waals surface area (Å²) in [7, 11) is 0. The summed E-state index contributed by atoms with van der Waals surface area (Å²) < 4.78 is 15.4. The fourth-order valence-electron chi connectivity index (χ4n) is 4.57. The van der Waals surface area contributed by atoms with E-state index in [9.17, 15) is 4.39 Å². The van der Waals surface area contributed by atoms with Gasteiger partial charge in [-0.2, -0.15) is 5.10 Å². The molecular formula is C27H28FN5. The van der Waals surface area contributed by atoms with Gasteiger partial charge in [0.25, 0.3) is 0 Å². The number of anilines is 1. The Balaban J connectivity index is 1.30. The number of hydrogen-bond acceptors (Lipinski definition) is 4. The van der Waals surface area contributed by atoms with Crippen molar-refractivity contribution in [1.82, 2.24) is 19.7 Å². The average Bonchev–Trinajstić information content (AvgIpc) is 3.14. The van der Waals surface area contributed by atoms with Crippen molar-refractivity contribution in [3.8, 4) is 16.8 Å². The first-order valence-electron chi connectivity index (χ1n) is 11.4. The lowest BCUT2D eigenvalue weighted by Gasteiger charge is -2.36. The minimum atomic E-state index is -0.223. The van der Waals surface area contributed by atoms with Gasteiger partial charge in [0.2, 0.25) is 0 Å². The van der Waals surface area contributed by atoms with Crippen molar-refractivity contribution < 1.29 is 4.39 Å². The molecule has 4 aromatic rings. The van der Waals surface area contributed by atoms with Gasteiger partial charge < -0.3 is 4.90 Å². The standard InChI is InChI=1S/C27H28FN5/c1-20-26(21(2)33(30-20)24-7-4-3-5-8-24)19-31-15-17-32(18-16-31)27-25(9-6-14-29-27)22-10-12-23(28)13-11-22/h3-14H,15-19H2,1-2H3. The molecule has 1 saturated heterocycles. The molecule has 5 nitrogen and oxygen atoms in total. The molecule has 0 unspecified atom stereocenters. The molecule has 0 atom stereocenters. The molecule has 6 heteroatoms. The number of nitrogens with zero attached hydrogens (tertiary/aromatic N) is 5. The summed E-state index contributed by atoms with van der Waals surface area (Å²) in [6.45, 7) is 8.85. The van der Waals surface area contributed by atoms with Gasteiger partial charge in [-0.3, -0.25) is 4.90 Å². The number of aromatic nitrogens is 3. The normalized spacial score (nSPS) is 14.6. The predicted molar refractivity (Wildman–Crippen MR) is 130 cm³/mol. The van der Waals surface area contributed by atoms with Crippen LogP contribution in [-0.2, 0) is 6.54 Å². The smallest absolute Gasteiger partial charge is 0.136 e. The van der Waals surface area contributed by atoms with E-state index in [1.807, 2.05) is 47.3 Å². The second-order valence-electron chi connectivity index (χ2n) is 8.54. The van der Waals surface area contributed by atoms with Crippen molar-refractivity contribution in [2.75, 3.05) is 31.1 Å². The van der Waals surface area contributed by atoms with Gasteiger partial charge >= 0.3 is 0 Å². The molecule has 5 rings (SSSR count). The maximum atomic E-state index is 13.4. The van der Waals surface area contributed by atoms with Crippen LogP contribution < -0.4 is 4.90 Å². The van der Waals surface area contributed by atoms with Crippen LogP contribution in [0.3, 0.4) is 0 Å². The van der Waals surface area contributed by atoms with Crippen LogP contribution in [0.1, 0.15) is 17.0 Å². The van der Waals surface area contributed by atoms with E-state index in [1.54, 1.807) is 0 Å². The Labute approximate surface area is 194 Å². The van der Waals surface area contributed by atoms with Gasteiger partial charge in [-0.15, -0.1) is 0 Å². The number of piperazine rings is 1. The number of halogens is 1. The Morgan fingerprint density at radius 3 is 2.30 bits per heavy atom. The van der Waals surface area contributed by atoms with Crippen molar-refractivity contribution in [3.05, 3.63) is 95.7 Å².